The number of esters is 1. The first-order valence-corrected chi connectivity index (χ1v) is 14.7. The van der Waals surface area contributed by atoms with Gasteiger partial charge in [0.2, 0.25) is 5.91 Å². The Bertz CT molecular complexity index is 690. The molecule has 0 aliphatic heterocycles. The minimum Gasteiger partial charge on any atom is -0.480 e. The molecule has 0 atom stereocenters. The highest BCUT2D eigenvalue weighted by atomic mass is 16.6. The number of carbonyl (C=O) groups is 3. The van der Waals surface area contributed by atoms with Crippen LogP contribution in [0.2, 0.25) is 0 Å². The van der Waals surface area contributed by atoms with Gasteiger partial charge in [-0.25, -0.2) is 9.59 Å². The van der Waals surface area contributed by atoms with E-state index in [1.807, 2.05) is 0 Å². The Morgan fingerprint density at radius 1 is 0.477 bits per heavy atom. The summed E-state index contributed by atoms with van der Waals surface area (Å²) in [5, 5.41) is 11.0. The van der Waals surface area contributed by atoms with Crippen molar-refractivity contribution in [1.29, 1.82) is 0 Å². The van der Waals surface area contributed by atoms with Gasteiger partial charge in [0, 0.05) is 6.54 Å². The van der Waals surface area contributed by atoms with Crippen LogP contribution in [0.15, 0.2) is 0 Å². The van der Waals surface area contributed by atoms with Crippen molar-refractivity contribution in [2.45, 2.75) is 26.4 Å². The average Bonchev–Trinajstić information content (AvgIpc) is 2.95. The zero-order valence-electron chi connectivity index (χ0n) is 26.5. The molecule has 260 valence electrons. The number of amides is 1. The molecule has 0 aromatic heterocycles. The van der Waals surface area contributed by atoms with Crippen molar-refractivity contribution in [3.63, 3.8) is 0 Å². The largest absolute Gasteiger partial charge is 0.480 e. The number of rotatable bonds is 33. The van der Waals surface area contributed by atoms with Crippen LogP contribution in [0.4, 0.5) is 0 Å². The Hall–Kier alpha value is -1.99. The third-order valence-electron chi connectivity index (χ3n) is 4.64. The molecule has 0 fully saturated rings. The number of hydrogen-bond donors (Lipinski definition) is 2. The molecule has 0 bridgehead atoms. The van der Waals surface area contributed by atoms with E-state index in [1.165, 1.54) is 0 Å². The molecule has 16 heteroatoms. The molecular formula is C28H53NO15. The number of ether oxygens (including phenoxy) is 11. The molecule has 0 aromatic rings. The van der Waals surface area contributed by atoms with Crippen molar-refractivity contribution in [3.05, 3.63) is 0 Å². The summed E-state index contributed by atoms with van der Waals surface area (Å²) in [6.07, 6.45) is 0. The standard InChI is InChI=1S/C28H53NO15/c1-28(2,3)44-27(33)24-42-21-20-41-19-18-40-17-16-39-15-14-38-13-12-37-11-10-36-9-8-35-7-6-34-5-4-29-25(30)22-43-23-26(31)32/h4-24H2,1-3H3,(H,29,30)(H,31,32). The highest BCUT2D eigenvalue weighted by molar-refractivity contribution is 5.77. The van der Waals surface area contributed by atoms with Gasteiger partial charge in [0.15, 0.2) is 0 Å². The smallest absolute Gasteiger partial charge is 0.332 e. The van der Waals surface area contributed by atoms with Gasteiger partial charge < -0.3 is 62.5 Å². The normalized spacial score (nSPS) is 11.5. The van der Waals surface area contributed by atoms with Gasteiger partial charge in [-0.05, 0) is 20.8 Å². The lowest BCUT2D eigenvalue weighted by atomic mass is 10.2. The van der Waals surface area contributed by atoms with Gasteiger partial charge in [-0.3, -0.25) is 4.79 Å². The summed E-state index contributed by atoms with van der Waals surface area (Å²) in [6.45, 7) is 12.0. The van der Waals surface area contributed by atoms with Gasteiger partial charge in [-0.15, -0.1) is 0 Å². The topological polar surface area (TPSA) is 185 Å². The lowest BCUT2D eigenvalue weighted by Gasteiger charge is -2.19. The van der Waals surface area contributed by atoms with Gasteiger partial charge >= 0.3 is 11.9 Å². The van der Waals surface area contributed by atoms with Gasteiger partial charge in [0.1, 0.15) is 25.4 Å². The fourth-order valence-electron chi connectivity index (χ4n) is 2.83. The maximum Gasteiger partial charge on any atom is 0.332 e. The van der Waals surface area contributed by atoms with Crippen molar-refractivity contribution in [3.8, 4) is 0 Å². The lowest BCUT2D eigenvalue weighted by Crippen LogP contribution is -2.31. The maximum atomic E-state index is 11.5. The Morgan fingerprint density at radius 2 is 0.818 bits per heavy atom. The van der Waals surface area contributed by atoms with Crippen LogP contribution in [-0.2, 0) is 66.5 Å². The van der Waals surface area contributed by atoms with E-state index in [9.17, 15) is 14.4 Å². The number of carboxylic acids is 1. The van der Waals surface area contributed by atoms with E-state index in [4.69, 9.17) is 52.5 Å². The van der Waals surface area contributed by atoms with Crippen molar-refractivity contribution in [2.24, 2.45) is 0 Å². The van der Waals surface area contributed by atoms with Crippen LogP contribution in [0.3, 0.4) is 0 Å². The van der Waals surface area contributed by atoms with E-state index in [2.05, 4.69) is 10.1 Å². The molecule has 0 spiro atoms. The summed E-state index contributed by atoms with van der Waals surface area (Å²) in [5.74, 6) is -1.92. The molecule has 44 heavy (non-hydrogen) atoms. The number of carboxylic acid groups (broad SMARTS) is 1. The predicted octanol–water partition coefficient (Wildman–Crippen LogP) is -0.305. The Morgan fingerprint density at radius 3 is 1.16 bits per heavy atom. The fourth-order valence-corrected chi connectivity index (χ4v) is 2.83. The van der Waals surface area contributed by atoms with Crippen LogP contribution in [0.1, 0.15) is 20.8 Å². The third-order valence-corrected chi connectivity index (χ3v) is 4.64. The van der Waals surface area contributed by atoms with E-state index in [1.54, 1.807) is 20.8 Å². The van der Waals surface area contributed by atoms with Crippen LogP contribution in [0.5, 0.6) is 0 Å². The molecule has 0 rings (SSSR count). The van der Waals surface area contributed by atoms with Crippen LogP contribution in [0, 0.1) is 0 Å². The number of carbonyl (C=O) groups excluding carboxylic acids is 2. The molecule has 0 aromatic carbocycles. The quantitative estimate of drug-likeness (QED) is 0.0701. The van der Waals surface area contributed by atoms with E-state index in [0.717, 1.165) is 0 Å². The zero-order chi connectivity index (χ0) is 32.6. The van der Waals surface area contributed by atoms with Crippen molar-refractivity contribution >= 4 is 17.8 Å². The maximum absolute atomic E-state index is 11.5. The number of nitrogens with one attached hydrogen (secondary N) is 1. The monoisotopic (exact) mass is 643 g/mol. The van der Waals surface area contributed by atoms with Crippen LogP contribution >= 0.6 is 0 Å². The van der Waals surface area contributed by atoms with Gasteiger partial charge in [-0.1, -0.05) is 0 Å². The highest BCUT2D eigenvalue weighted by Crippen LogP contribution is 2.06. The molecule has 0 saturated heterocycles. The molecule has 0 heterocycles. The fraction of sp³-hybridized carbons (Fsp3) is 0.893. The molecule has 16 nitrogen and oxygen atoms in total. The molecular weight excluding hydrogens is 590 g/mol. The van der Waals surface area contributed by atoms with Crippen molar-refractivity contribution in [1.82, 2.24) is 5.32 Å². The second-order valence-electron chi connectivity index (χ2n) is 9.77. The second kappa shape index (κ2) is 31.0. The Labute approximate surface area is 260 Å². The lowest BCUT2D eigenvalue weighted by molar-refractivity contribution is -0.160. The molecule has 0 aliphatic carbocycles. The first-order chi connectivity index (χ1) is 21.2. The summed E-state index contributed by atoms with van der Waals surface area (Å²) >= 11 is 0. The van der Waals surface area contributed by atoms with Gasteiger partial charge in [-0.2, -0.15) is 0 Å². The Kier molecular flexibility index (Phi) is 29.6. The number of hydrogen-bond acceptors (Lipinski definition) is 14. The van der Waals surface area contributed by atoms with Crippen molar-refractivity contribution in [2.75, 3.05) is 139 Å². The molecule has 0 radical (unpaired) electrons. The first kappa shape index (κ1) is 42.0. The molecule has 2 N–H and O–H groups in total. The molecule has 0 unspecified atom stereocenters. The minimum absolute atomic E-state index is 0.0934. The minimum atomic E-state index is -1.13. The van der Waals surface area contributed by atoms with E-state index < -0.39 is 30.1 Å². The van der Waals surface area contributed by atoms with Gasteiger partial charge in [0.25, 0.3) is 0 Å². The predicted molar refractivity (Wildman–Crippen MR) is 155 cm³/mol. The van der Waals surface area contributed by atoms with E-state index in [0.29, 0.717) is 119 Å². The summed E-state index contributed by atoms with van der Waals surface area (Å²) in [4.78, 5) is 33.1. The summed E-state index contributed by atoms with van der Waals surface area (Å²) in [6, 6.07) is 0. The van der Waals surface area contributed by atoms with Crippen LogP contribution in [-0.4, -0.2) is 167 Å². The average molecular weight is 644 g/mol. The summed E-state index contributed by atoms with van der Waals surface area (Å²) < 4.78 is 58.2. The second-order valence-corrected chi connectivity index (χ2v) is 9.77. The molecule has 1 amide bonds. The highest BCUT2D eigenvalue weighted by Gasteiger charge is 2.15. The van der Waals surface area contributed by atoms with E-state index in [-0.39, 0.29) is 13.2 Å². The molecule has 0 aliphatic rings. The third kappa shape index (κ3) is 36.2. The SMILES string of the molecule is CC(C)(C)OC(=O)COCCOCCOCCOCCOCCOCCOCCOCCOCCNC(=O)COCC(=O)O. The van der Waals surface area contributed by atoms with Crippen LogP contribution in [0.25, 0.3) is 0 Å². The molecule has 0 saturated carbocycles. The summed E-state index contributed by atoms with van der Waals surface area (Å²) in [5.41, 5.74) is -0.519. The van der Waals surface area contributed by atoms with E-state index >= 15 is 0 Å². The van der Waals surface area contributed by atoms with Crippen LogP contribution < -0.4 is 5.32 Å². The number of aliphatic carboxylic acids is 1. The first-order valence-electron chi connectivity index (χ1n) is 14.7. The van der Waals surface area contributed by atoms with Crippen molar-refractivity contribution < 1.29 is 71.6 Å². The zero-order valence-corrected chi connectivity index (χ0v) is 26.5. The Balaban J connectivity index is 3.15. The summed E-state index contributed by atoms with van der Waals surface area (Å²) in [7, 11) is 0. The van der Waals surface area contributed by atoms with Gasteiger partial charge in [0.05, 0.1) is 112 Å².